The van der Waals surface area contributed by atoms with Crippen molar-refractivity contribution in [2.24, 2.45) is 0 Å². The number of pyridine rings is 1. The van der Waals surface area contributed by atoms with Crippen LogP contribution in [0.5, 0.6) is 0 Å². The van der Waals surface area contributed by atoms with Crippen LogP contribution in [0, 0.1) is 11.6 Å². The number of benzene rings is 1. The normalized spacial score (nSPS) is 10.6. The molecule has 0 amide bonds. The van der Waals surface area contributed by atoms with Gasteiger partial charge < -0.3 is 5.32 Å². The van der Waals surface area contributed by atoms with Crippen molar-refractivity contribution < 1.29 is 8.78 Å². The zero-order valence-electron chi connectivity index (χ0n) is 8.95. The van der Waals surface area contributed by atoms with Gasteiger partial charge >= 0.3 is 0 Å². The van der Waals surface area contributed by atoms with Gasteiger partial charge in [-0.2, -0.15) is 0 Å². The summed E-state index contributed by atoms with van der Waals surface area (Å²) in [6.45, 7) is 0. The second-order valence-corrected chi connectivity index (χ2v) is 5.49. The van der Waals surface area contributed by atoms with Gasteiger partial charge in [0.05, 0.1) is 20.2 Å². The molecule has 0 radical (unpaired) electrons. The highest BCUT2D eigenvalue weighted by Gasteiger charge is 2.12. The number of rotatable bonds is 2. The Morgan fingerprint density at radius 2 is 1.68 bits per heavy atom. The summed E-state index contributed by atoms with van der Waals surface area (Å²) in [6.07, 6.45) is 0. The molecule has 2 rings (SSSR count). The standard InChI is InChI=1S/C11H4BrCl3F2N2/c12-4-1-8(17)9(3-7(4)16)18-11-6(14)2-5(13)10(15)19-11/h1-3H,(H,18,19). The fourth-order valence-electron chi connectivity index (χ4n) is 1.28. The largest absolute Gasteiger partial charge is 0.336 e. The van der Waals surface area contributed by atoms with E-state index in [1.807, 2.05) is 0 Å². The van der Waals surface area contributed by atoms with E-state index in [4.69, 9.17) is 34.8 Å². The molecule has 1 N–H and O–H groups in total. The van der Waals surface area contributed by atoms with Crippen molar-refractivity contribution >= 4 is 62.2 Å². The molecule has 0 atom stereocenters. The van der Waals surface area contributed by atoms with E-state index in [0.29, 0.717) is 0 Å². The average Bonchev–Trinajstić information content (AvgIpc) is 2.32. The maximum atomic E-state index is 13.6. The monoisotopic (exact) mass is 386 g/mol. The van der Waals surface area contributed by atoms with E-state index >= 15 is 0 Å². The topological polar surface area (TPSA) is 24.9 Å². The maximum Gasteiger partial charge on any atom is 0.151 e. The molecule has 2 nitrogen and oxygen atoms in total. The summed E-state index contributed by atoms with van der Waals surface area (Å²) < 4.78 is 27.0. The Morgan fingerprint density at radius 3 is 2.37 bits per heavy atom. The molecule has 0 saturated carbocycles. The molecular formula is C11H4BrCl3F2N2. The van der Waals surface area contributed by atoms with Crippen molar-refractivity contribution in [3.63, 3.8) is 0 Å². The molecule has 0 unspecified atom stereocenters. The minimum atomic E-state index is -0.669. The van der Waals surface area contributed by atoms with Gasteiger partial charge in [-0.3, -0.25) is 0 Å². The summed E-state index contributed by atoms with van der Waals surface area (Å²) in [4.78, 5) is 3.85. The quantitative estimate of drug-likeness (QED) is 0.517. The maximum absolute atomic E-state index is 13.6. The molecule has 1 heterocycles. The average molecular weight is 388 g/mol. The van der Waals surface area contributed by atoms with Gasteiger partial charge in [0, 0.05) is 6.07 Å². The lowest BCUT2D eigenvalue weighted by atomic mass is 10.3. The van der Waals surface area contributed by atoms with Gasteiger partial charge in [-0.25, -0.2) is 13.8 Å². The fraction of sp³-hybridized carbons (Fsp3) is 0. The molecule has 0 aliphatic rings. The lowest BCUT2D eigenvalue weighted by molar-refractivity contribution is 0.598. The summed E-state index contributed by atoms with van der Waals surface area (Å²) >= 11 is 20.2. The van der Waals surface area contributed by atoms with Gasteiger partial charge in [0.1, 0.15) is 16.8 Å². The highest BCUT2D eigenvalue weighted by Crippen LogP contribution is 2.32. The molecule has 8 heteroatoms. The Kier molecular flexibility index (Phi) is 4.50. The predicted molar refractivity (Wildman–Crippen MR) is 76.6 cm³/mol. The number of hydrogen-bond donors (Lipinski definition) is 1. The summed E-state index contributed by atoms with van der Waals surface area (Å²) in [5.74, 6) is -1.21. The summed E-state index contributed by atoms with van der Waals surface area (Å²) in [6, 6.07) is 3.32. The van der Waals surface area contributed by atoms with Gasteiger partial charge in [-0.05, 0) is 28.1 Å². The van der Waals surface area contributed by atoms with E-state index in [0.717, 1.165) is 12.1 Å². The SMILES string of the molecule is Fc1cc(Nc2nc(Cl)c(Cl)cc2Cl)c(F)cc1Br. The van der Waals surface area contributed by atoms with Crippen molar-refractivity contribution in [1.29, 1.82) is 0 Å². The number of nitrogens with one attached hydrogen (secondary N) is 1. The minimum Gasteiger partial charge on any atom is -0.336 e. The summed E-state index contributed by atoms with van der Waals surface area (Å²) in [7, 11) is 0. The van der Waals surface area contributed by atoms with Crippen LogP contribution < -0.4 is 5.32 Å². The fourth-order valence-corrected chi connectivity index (χ4v) is 2.14. The first-order valence-corrected chi connectivity index (χ1v) is 6.74. The van der Waals surface area contributed by atoms with E-state index < -0.39 is 11.6 Å². The molecule has 0 aliphatic carbocycles. The van der Waals surface area contributed by atoms with Crippen LogP contribution in [0.1, 0.15) is 0 Å². The molecule has 0 spiro atoms. The Labute approximate surface area is 130 Å². The second kappa shape index (κ2) is 5.79. The van der Waals surface area contributed by atoms with Crippen molar-refractivity contribution in [2.75, 3.05) is 5.32 Å². The number of anilines is 2. The molecule has 1 aromatic heterocycles. The van der Waals surface area contributed by atoms with E-state index in [1.165, 1.54) is 6.07 Å². The highest BCUT2D eigenvalue weighted by molar-refractivity contribution is 9.10. The van der Waals surface area contributed by atoms with Gasteiger partial charge in [-0.15, -0.1) is 0 Å². The number of hydrogen-bond acceptors (Lipinski definition) is 2. The van der Waals surface area contributed by atoms with Crippen LogP contribution in [-0.4, -0.2) is 4.98 Å². The van der Waals surface area contributed by atoms with Crippen molar-refractivity contribution in [1.82, 2.24) is 4.98 Å². The number of halogens is 6. The zero-order chi connectivity index (χ0) is 14.2. The van der Waals surface area contributed by atoms with Gasteiger partial charge in [0.15, 0.2) is 5.82 Å². The number of aromatic nitrogens is 1. The Bertz CT molecular complexity index is 597. The van der Waals surface area contributed by atoms with Crippen LogP contribution in [0.15, 0.2) is 22.7 Å². The third-order valence-corrected chi connectivity index (χ3v) is 3.72. The molecule has 100 valence electrons. The van der Waals surface area contributed by atoms with Crippen LogP contribution >= 0.6 is 50.7 Å². The van der Waals surface area contributed by atoms with E-state index in [2.05, 4.69) is 26.2 Å². The molecule has 0 bridgehead atoms. The zero-order valence-corrected chi connectivity index (χ0v) is 12.8. The van der Waals surface area contributed by atoms with Crippen molar-refractivity contribution in [3.05, 3.63) is 49.5 Å². The van der Waals surface area contributed by atoms with Crippen molar-refractivity contribution in [2.45, 2.75) is 0 Å². The lowest BCUT2D eigenvalue weighted by Gasteiger charge is -2.10. The third-order valence-electron chi connectivity index (χ3n) is 2.15. The molecular weight excluding hydrogens is 384 g/mol. The van der Waals surface area contributed by atoms with Gasteiger partial charge in [0.2, 0.25) is 0 Å². The summed E-state index contributed by atoms with van der Waals surface area (Å²) in [5, 5.41) is 2.86. The third kappa shape index (κ3) is 3.28. The van der Waals surface area contributed by atoms with E-state index in [1.54, 1.807) is 0 Å². The van der Waals surface area contributed by atoms with Gasteiger partial charge in [0.25, 0.3) is 0 Å². The molecule has 19 heavy (non-hydrogen) atoms. The highest BCUT2D eigenvalue weighted by atomic mass is 79.9. The molecule has 0 saturated heterocycles. The molecule has 0 aliphatic heterocycles. The Morgan fingerprint density at radius 1 is 1.00 bits per heavy atom. The minimum absolute atomic E-state index is 0.00607. The van der Waals surface area contributed by atoms with Crippen LogP contribution in [0.4, 0.5) is 20.3 Å². The van der Waals surface area contributed by atoms with Crippen LogP contribution in [-0.2, 0) is 0 Å². The Balaban J connectivity index is 2.42. The summed E-state index contributed by atoms with van der Waals surface area (Å²) in [5.41, 5.74) is -0.117. The Hall–Kier alpha value is -0.620. The lowest BCUT2D eigenvalue weighted by Crippen LogP contribution is -1.99. The van der Waals surface area contributed by atoms with Gasteiger partial charge in [-0.1, -0.05) is 34.8 Å². The second-order valence-electron chi connectivity index (χ2n) is 3.46. The molecule has 2 aromatic rings. The van der Waals surface area contributed by atoms with Crippen LogP contribution in [0.25, 0.3) is 0 Å². The van der Waals surface area contributed by atoms with Crippen LogP contribution in [0.2, 0.25) is 15.2 Å². The smallest absolute Gasteiger partial charge is 0.151 e. The first-order valence-electron chi connectivity index (χ1n) is 4.81. The first-order chi connectivity index (χ1) is 8.88. The van der Waals surface area contributed by atoms with E-state index in [-0.39, 0.29) is 31.2 Å². The van der Waals surface area contributed by atoms with E-state index in [9.17, 15) is 8.78 Å². The predicted octanol–water partition coefficient (Wildman–Crippen LogP) is 5.83. The van der Waals surface area contributed by atoms with Crippen molar-refractivity contribution in [3.8, 4) is 0 Å². The van der Waals surface area contributed by atoms with Crippen LogP contribution in [0.3, 0.4) is 0 Å². The number of nitrogens with zero attached hydrogens (tertiary/aromatic N) is 1. The molecule has 0 fully saturated rings. The first kappa shape index (κ1) is 14.8. The molecule has 1 aromatic carbocycles.